The Bertz CT molecular complexity index is 995. The van der Waals surface area contributed by atoms with Crippen LogP contribution in [0, 0.1) is 0 Å². The summed E-state index contributed by atoms with van der Waals surface area (Å²) < 4.78 is 0. The molecular formula is C25H34N6O3S. The van der Waals surface area contributed by atoms with Gasteiger partial charge in [-0.05, 0) is 61.4 Å². The van der Waals surface area contributed by atoms with Gasteiger partial charge in [0.15, 0.2) is 0 Å². The van der Waals surface area contributed by atoms with Crippen LogP contribution < -0.4 is 16.9 Å². The zero-order chi connectivity index (χ0) is 25.6. The van der Waals surface area contributed by atoms with Gasteiger partial charge in [-0.15, -0.1) is 0 Å². The Kier molecular flexibility index (Phi) is 11.8. The molecule has 0 fully saturated rings. The molecule has 35 heavy (non-hydrogen) atoms. The minimum Gasteiger partial charge on any atom is -0.382 e. The van der Waals surface area contributed by atoms with Gasteiger partial charge >= 0.3 is 0 Å². The quantitative estimate of drug-likeness (QED) is 0.119. The van der Waals surface area contributed by atoms with Crippen molar-refractivity contribution in [1.29, 1.82) is 0 Å². The Labute approximate surface area is 210 Å². The van der Waals surface area contributed by atoms with Crippen LogP contribution in [-0.2, 0) is 27.2 Å². The van der Waals surface area contributed by atoms with Gasteiger partial charge < -0.3 is 16.9 Å². The third-order valence-corrected chi connectivity index (χ3v) is 6.41. The van der Waals surface area contributed by atoms with Crippen LogP contribution in [0.25, 0.3) is 0 Å². The largest absolute Gasteiger partial charge is 0.382 e. The second-order valence-corrected chi connectivity index (χ2v) is 9.11. The van der Waals surface area contributed by atoms with E-state index in [1.165, 1.54) is 17.3 Å². The number of nitrogens with zero attached hydrogens (tertiary/aromatic N) is 3. The lowest BCUT2D eigenvalue weighted by Crippen LogP contribution is -2.38. The van der Waals surface area contributed by atoms with Gasteiger partial charge in [-0.2, -0.15) is 16.9 Å². The summed E-state index contributed by atoms with van der Waals surface area (Å²) in [5, 5.41) is 5.78. The molecule has 5 N–H and O–H groups in total. The molecule has 2 aromatic rings. The standard InChI is InChI=1S/C25H34N6O3S/c1-3-4-6-18-8-11-21(28-16-18)15-22(35-2)25(34)31(17-32)14-5-7-23(33)29-20-12-9-19(10-13-20)24(26)30-27/h8-13,16-17,22H,3-7,14-15,27H2,1-2H3,(H2,26,30)(H,29,33). The highest BCUT2D eigenvalue weighted by Crippen LogP contribution is 2.17. The number of amidine groups is 1. The number of hydrogen-bond donors (Lipinski definition) is 3. The molecule has 188 valence electrons. The normalized spacial score (nSPS) is 12.1. The van der Waals surface area contributed by atoms with Crippen LogP contribution >= 0.6 is 11.8 Å². The summed E-state index contributed by atoms with van der Waals surface area (Å²) in [5.74, 6) is 4.86. The summed E-state index contributed by atoms with van der Waals surface area (Å²) in [5.41, 5.74) is 8.89. The van der Waals surface area contributed by atoms with Gasteiger partial charge in [0.05, 0.1) is 5.25 Å². The fourth-order valence-electron chi connectivity index (χ4n) is 3.40. The monoisotopic (exact) mass is 498 g/mol. The molecule has 0 spiro atoms. The Morgan fingerprint density at radius 1 is 1.20 bits per heavy atom. The first kappa shape index (κ1) is 27.8. The number of rotatable bonds is 14. The van der Waals surface area contributed by atoms with Crippen molar-refractivity contribution in [1.82, 2.24) is 9.88 Å². The number of thioether (sulfide) groups is 1. The Hall–Kier alpha value is -3.40. The Morgan fingerprint density at radius 3 is 2.51 bits per heavy atom. The molecule has 0 aliphatic rings. The number of anilines is 1. The lowest BCUT2D eigenvalue weighted by Gasteiger charge is -2.21. The maximum atomic E-state index is 12.9. The van der Waals surface area contributed by atoms with E-state index in [4.69, 9.17) is 11.6 Å². The van der Waals surface area contributed by atoms with Crippen molar-refractivity contribution in [3.8, 4) is 0 Å². The van der Waals surface area contributed by atoms with Crippen molar-refractivity contribution in [3.63, 3.8) is 0 Å². The number of amides is 3. The molecule has 0 bridgehead atoms. The molecular weight excluding hydrogens is 464 g/mol. The molecule has 2 rings (SSSR count). The molecule has 0 aliphatic heterocycles. The second kappa shape index (κ2) is 14.8. The van der Waals surface area contributed by atoms with Crippen molar-refractivity contribution in [2.24, 2.45) is 16.7 Å². The first-order chi connectivity index (χ1) is 16.9. The molecule has 1 aromatic carbocycles. The van der Waals surface area contributed by atoms with Crippen LogP contribution in [0.5, 0.6) is 0 Å². The number of unbranched alkanes of at least 4 members (excludes halogenated alkanes) is 1. The second-order valence-electron chi connectivity index (χ2n) is 8.07. The Morgan fingerprint density at radius 2 is 1.94 bits per heavy atom. The van der Waals surface area contributed by atoms with Crippen molar-refractivity contribution in [3.05, 3.63) is 59.4 Å². The minimum absolute atomic E-state index is 0.163. The molecule has 10 heteroatoms. The van der Waals surface area contributed by atoms with Crippen molar-refractivity contribution in [2.45, 2.75) is 50.7 Å². The third kappa shape index (κ3) is 9.05. The van der Waals surface area contributed by atoms with Crippen LogP contribution in [0.1, 0.15) is 49.4 Å². The van der Waals surface area contributed by atoms with E-state index >= 15 is 0 Å². The molecule has 1 heterocycles. The number of hydrazone groups is 1. The first-order valence-corrected chi connectivity index (χ1v) is 12.9. The summed E-state index contributed by atoms with van der Waals surface area (Å²) >= 11 is 1.39. The predicted molar refractivity (Wildman–Crippen MR) is 141 cm³/mol. The van der Waals surface area contributed by atoms with Crippen molar-refractivity contribution < 1.29 is 14.4 Å². The van der Waals surface area contributed by atoms with E-state index in [0.717, 1.165) is 29.9 Å². The molecule has 0 aliphatic carbocycles. The SMILES string of the molecule is CCCCc1ccc(CC(SC)C(=O)N(C=O)CCCC(=O)Nc2ccc(/C(N)=N/N)cc2)nc1. The topological polar surface area (TPSA) is 144 Å². The summed E-state index contributed by atoms with van der Waals surface area (Å²) in [6.07, 6.45) is 8.42. The van der Waals surface area contributed by atoms with E-state index in [9.17, 15) is 14.4 Å². The van der Waals surface area contributed by atoms with Gasteiger partial charge in [-0.3, -0.25) is 24.3 Å². The van der Waals surface area contributed by atoms with E-state index < -0.39 is 5.25 Å². The van der Waals surface area contributed by atoms with Gasteiger partial charge in [0.1, 0.15) is 5.84 Å². The summed E-state index contributed by atoms with van der Waals surface area (Å²) in [4.78, 5) is 42.4. The highest BCUT2D eigenvalue weighted by atomic mass is 32.2. The van der Waals surface area contributed by atoms with Gasteiger partial charge in [-0.25, -0.2) is 0 Å². The lowest BCUT2D eigenvalue weighted by atomic mass is 10.1. The molecule has 1 unspecified atom stereocenters. The van der Waals surface area contributed by atoms with Crippen LogP contribution in [-0.4, -0.2) is 52.0 Å². The van der Waals surface area contributed by atoms with E-state index in [-0.39, 0.29) is 30.6 Å². The summed E-state index contributed by atoms with van der Waals surface area (Å²) in [6, 6.07) is 10.8. The fraction of sp³-hybridized carbons (Fsp3) is 0.400. The number of benzene rings is 1. The van der Waals surface area contributed by atoms with Gasteiger partial charge in [0.25, 0.3) is 0 Å². The number of hydrogen-bond acceptors (Lipinski definition) is 7. The maximum absolute atomic E-state index is 12.9. The molecule has 0 radical (unpaired) electrons. The van der Waals surface area contributed by atoms with E-state index in [1.807, 2.05) is 24.6 Å². The van der Waals surface area contributed by atoms with E-state index in [2.05, 4.69) is 22.3 Å². The highest BCUT2D eigenvalue weighted by molar-refractivity contribution is 7.99. The molecule has 9 nitrogen and oxygen atoms in total. The van der Waals surface area contributed by atoms with Crippen molar-refractivity contribution in [2.75, 3.05) is 18.1 Å². The molecule has 0 saturated heterocycles. The number of nitrogens with one attached hydrogen (secondary N) is 1. The first-order valence-electron chi connectivity index (χ1n) is 11.6. The number of aryl methyl sites for hydroxylation is 1. The number of aromatic nitrogens is 1. The maximum Gasteiger partial charge on any atom is 0.242 e. The number of carbonyl (C=O) groups is 3. The number of nitrogens with two attached hydrogens (primary N) is 2. The summed E-state index contributed by atoms with van der Waals surface area (Å²) in [7, 11) is 0. The van der Waals surface area contributed by atoms with Crippen LogP contribution in [0.15, 0.2) is 47.7 Å². The smallest absolute Gasteiger partial charge is 0.242 e. The van der Waals surface area contributed by atoms with Crippen LogP contribution in [0.4, 0.5) is 5.69 Å². The average Bonchev–Trinajstić information content (AvgIpc) is 2.88. The van der Waals surface area contributed by atoms with E-state index in [0.29, 0.717) is 30.5 Å². The Balaban J connectivity index is 1.84. The predicted octanol–water partition coefficient (Wildman–Crippen LogP) is 2.68. The minimum atomic E-state index is -0.425. The zero-order valence-corrected chi connectivity index (χ0v) is 21.1. The third-order valence-electron chi connectivity index (χ3n) is 5.48. The molecule has 3 amide bonds. The van der Waals surface area contributed by atoms with Crippen molar-refractivity contribution >= 4 is 41.5 Å². The molecule has 1 aromatic heterocycles. The van der Waals surface area contributed by atoms with Gasteiger partial charge in [0.2, 0.25) is 18.2 Å². The van der Waals surface area contributed by atoms with Gasteiger partial charge in [-0.1, -0.05) is 19.4 Å². The lowest BCUT2D eigenvalue weighted by molar-refractivity contribution is -0.138. The molecule has 1 atom stereocenters. The van der Waals surface area contributed by atoms with Crippen LogP contribution in [0.3, 0.4) is 0 Å². The number of carbonyl (C=O) groups excluding carboxylic acids is 3. The van der Waals surface area contributed by atoms with E-state index in [1.54, 1.807) is 24.3 Å². The highest BCUT2D eigenvalue weighted by Gasteiger charge is 2.24. The zero-order valence-electron chi connectivity index (χ0n) is 20.3. The number of pyridine rings is 1. The van der Waals surface area contributed by atoms with Crippen LogP contribution in [0.2, 0.25) is 0 Å². The van der Waals surface area contributed by atoms with Gasteiger partial charge in [0, 0.05) is 42.5 Å². The number of imide groups is 1. The fourth-order valence-corrected chi connectivity index (χ4v) is 4.07. The molecule has 0 saturated carbocycles. The average molecular weight is 499 g/mol. The summed E-state index contributed by atoms with van der Waals surface area (Å²) in [6.45, 7) is 2.32.